The van der Waals surface area contributed by atoms with E-state index in [9.17, 15) is 18.4 Å². The smallest absolute Gasteiger partial charge is 0.282 e. The number of amides is 2. The van der Waals surface area contributed by atoms with Crippen LogP contribution in [0.5, 0.6) is 0 Å². The number of carbonyl (C=O) groups excluding carboxylic acids is 2. The number of halogens is 2. The van der Waals surface area contributed by atoms with Crippen LogP contribution in [0, 0.1) is 11.8 Å². The monoisotopic (exact) mass is 537 g/mol. The topological polar surface area (TPSA) is 122 Å². The summed E-state index contributed by atoms with van der Waals surface area (Å²) in [5.41, 5.74) is 2.57. The zero-order chi connectivity index (χ0) is 27.3. The van der Waals surface area contributed by atoms with E-state index in [0.717, 1.165) is 30.6 Å². The summed E-state index contributed by atoms with van der Waals surface area (Å²) in [6.45, 7) is 1.02. The van der Waals surface area contributed by atoms with Crippen LogP contribution >= 0.6 is 0 Å². The van der Waals surface area contributed by atoms with Crippen LogP contribution in [0.2, 0.25) is 0 Å². The van der Waals surface area contributed by atoms with Crippen LogP contribution in [0.15, 0.2) is 41.3 Å². The molecule has 2 N–H and O–H groups in total. The number of hydrogen-bond donors (Lipinski definition) is 2. The van der Waals surface area contributed by atoms with Crippen LogP contribution in [-0.2, 0) is 7.05 Å². The highest BCUT2D eigenvalue weighted by Crippen LogP contribution is 2.37. The molecular weight excluding hydrogens is 508 g/mol. The van der Waals surface area contributed by atoms with Crippen LogP contribution < -0.4 is 5.32 Å². The number of furan rings is 1. The summed E-state index contributed by atoms with van der Waals surface area (Å²) < 4.78 is 33.4. The fraction of sp³-hybridized carbons (Fsp3) is 0.444. The number of alkyl halides is 2. The molecule has 2 fully saturated rings. The summed E-state index contributed by atoms with van der Waals surface area (Å²) in [4.78, 5) is 39.8. The predicted octanol–water partition coefficient (Wildman–Crippen LogP) is 4.34. The summed E-state index contributed by atoms with van der Waals surface area (Å²) in [6, 6.07) is 4.85. The number of aromatic nitrogens is 5. The lowest BCUT2D eigenvalue weighted by atomic mass is 9.79. The summed E-state index contributed by atoms with van der Waals surface area (Å²) in [6.07, 6.45) is 8.29. The van der Waals surface area contributed by atoms with E-state index in [4.69, 9.17) is 9.40 Å². The summed E-state index contributed by atoms with van der Waals surface area (Å²) in [7, 11) is 1.72. The third kappa shape index (κ3) is 4.79. The van der Waals surface area contributed by atoms with Gasteiger partial charge in [0.2, 0.25) is 0 Å². The Balaban J connectivity index is 1.30. The van der Waals surface area contributed by atoms with Gasteiger partial charge in [0.25, 0.3) is 17.7 Å². The molecule has 1 atom stereocenters. The van der Waals surface area contributed by atoms with Gasteiger partial charge in [0.15, 0.2) is 5.65 Å². The number of aromatic amines is 1. The molecule has 39 heavy (non-hydrogen) atoms. The number of nitrogens with one attached hydrogen (secondary N) is 2. The molecule has 0 bridgehead atoms. The van der Waals surface area contributed by atoms with Crippen molar-refractivity contribution in [1.82, 2.24) is 34.9 Å². The van der Waals surface area contributed by atoms with Crippen LogP contribution in [-0.4, -0.2) is 60.5 Å². The molecule has 1 saturated carbocycles. The van der Waals surface area contributed by atoms with Gasteiger partial charge >= 0.3 is 0 Å². The molecule has 4 aromatic rings. The normalized spacial score (nSPS) is 21.5. The molecule has 2 amide bonds. The molecule has 10 nitrogen and oxygen atoms in total. The second kappa shape index (κ2) is 9.58. The minimum absolute atomic E-state index is 0.172. The molecule has 0 radical (unpaired) electrons. The van der Waals surface area contributed by atoms with Gasteiger partial charge in [-0.1, -0.05) is 19.8 Å². The van der Waals surface area contributed by atoms with Gasteiger partial charge in [0, 0.05) is 13.2 Å². The molecule has 1 aliphatic heterocycles. The minimum Gasteiger partial charge on any atom is -0.471 e. The number of fused-ring (bicyclic) bond motifs is 1. The van der Waals surface area contributed by atoms with Crippen molar-refractivity contribution in [3.63, 3.8) is 0 Å². The number of imidazole rings is 1. The average molecular weight is 538 g/mol. The number of H-pyrrole nitrogens is 1. The zero-order valence-corrected chi connectivity index (χ0v) is 21.7. The molecule has 5 heterocycles. The van der Waals surface area contributed by atoms with Crippen molar-refractivity contribution in [3.05, 3.63) is 54.0 Å². The van der Waals surface area contributed by atoms with Crippen molar-refractivity contribution in [2.24, 2.45) is 18.9 Å². The number of likely N-dealkylation sites (tertiary alicyclic amines) is 1. The van der Waals surface area contributed by atoms with E-state index in [0.29, 0.717) is 39.9 Å². The van der Waals surface area contributed by atoms with E-state index < -0.39 is 24.9 Å². The first kappa shape index (κ1) is 25.2. The lowest BCUT2D eigenvalue weighted by Crippen LogP contribution is -2.58. The Morgan fingerprint density at radius 2 is 1.90 bits per heavy atom. The van der Waals surface area contributed by atoms with Gasteiger partial charge in [-0.05, 0) is 42.9 Å². The van der Waals surface area contributed by atoms with Gasteiger partial charge in [-0.2, -0.15) is 5.10 Å². The van der Waals surface area contributed by atoms with Crippen LogP contribution in [0.25, 0.3) is 22.4 Å². The number of pyridine rings is 1. The number of hydrogen-bond acceptors (Lipinski definition) is 6. The minimum atomic E-state index is -2.86. The largest absolute Gasteiger partial charge is 0.471 e. The van der Waals surface area contributed by atoms with E-state index in [-0.39, 0.29) is 23.4 Å². The van der Waals surface area contributed by atoms with Gasteiger partial charge in [0.1, 0.15) is 24.0 Å². The Morgan fingerprint density at radius 3 is 2.59 bits per heavy atom. The number of nitrogens with zero attached hydrogens (tertiary/aromatic N) is 5. The molecule has 1 saturated heterocycles. The third-order valence-corrected chi connectivity index (χ3v) is 7.83. The third-order valence-electron chi connectivity index (χ3n) is 7.83. The van der Waals surface area contributed by atoms with Crippen molar-refractivity contribution < 1.29 is 22.8 Å². The number of rotatable bonds is 6. The van der Waals surface area contributed by atoms with Crippen LogP contribution in [0.3, 0.4) is 0 Å². The second-order valence-corrected chi connectivity index (χ2v) is 10.7. The first-order valence-corrected chi connectivity index (χ1v) is 13.1. The van der Waals surface area contributed by atoms with Crippen molar-refractivity contribution in [2.45, 2.75) is 44.6 Å². The van der Waals surface area contributed by atoms with E-state index in [1.165, 1.54) is 17.2 Å². The van der Waals surface area contributed by atoms with Crippen molar-refractivity contribution in [2.75, 3.05) is 13.1 Å². The molecule has 1 aliphatic carbocycles. The van der Waals surface area contributed by atoms with E-state index in [2.05, 4.69) is 27.3 Å². The molecule has 12 heteroatoms. The maximum absolute atomic E-state index is 13.3. The molecule has 0 aromatic carbocycles. The quantitative estimate of drug-likeness (QED) is 0.377. The molecular formula is C27H29F2N7O3. The van der Waals surface area contributed by atoms with Crippen molar-refractivity contribution in [1.29, 1.82) is 0 Å². The molecule has 2 aliphatic rings. The zero-order valence-electron chi connectivity index (χ0n) is 21.7. The second-order valence-electron chi connectivity index (χ2n) is 10.7. The fourth-order valence-corrected chi connectivity index (χ4v) is 5.54. The Hall–Kier alpha value is -4.09. The fourth-order valence-electron chi connectivity index (χ4n) is 5.54. The molecule has 4 aromatic heterocycles. The lowest BCUT2D eigenvalue weighted by Gasteiger charge is -2.38. The highest BCUT2D eigenvalue weighted by Gasteiger charge is 2.47. The first-order chi connectivity index (χ1) is 18.7. The SMILES string of the molecule is CC1CCC([C@H](NC(=O)c2ccnn2C)c2nc3nc(-c4cocc4C(=O)N4CC(F)(F)C4)ccc3[nH]2)CC1. The Labute approximate surface area is 222 Å². The standard InChI is InChI=1S/C27H29F2N7O3/c1-15-3-5-16(6-4-15)22(33-25(37)21-9-10-30-35(21)2)24-32-20-8-7-19(31-23(20)34-24)17-11-39-12-18(17)26(38)36-13-27(28,29)14-36/h7-12,15-16,22H,3-6,13-14H2,1-2H3,(H,33,37)(H,31,32,34)/t15?,16?,22-/m0/s1. The van der Waals surface area contributed by atoms with E-state index in [1.54, 1.807) is 31.4 Å². The maximum atomic E-state index is 13.3. The Morgan fingerprint density at radius 1 is 1.13 bits per heavy atom. The number of carbonyl (C=O) groups is 2. The van der Waals surface area contributed by atoms with E-state index >= 15 is 0 Å². The number of aryl methyl sites for hydroxylation is 1. The van der Waals surface area contributed by atoms with Gasteiger partial charge in [-0.3, -0.25) is 14.3 Å². The summed E-state index contributed by atoms with van der Waals surface area (Å²) in [5, 5.41) is 7.28. The molecule has 204 valence electrons. The first-order valence-electron chi connectivity index (χ1n) is 13.1. The lowest BCUT2D eigenvalue weighted by molar-refractivity contribution is -0.113. The predicted molar refractivity (Wildman–Crippen MR) is 137 cm³/mol. The Kier molecular flexibility index (Phi) is 6.19. The molecule has 6 rings (SSSR count). The highest BCUT2D eigenvalue weighted by molar-refractivity contribution is 6.01. The van der Waals surface area contributed by atoms with Gasteiger partial charge < -0.3 is 19.6 Å². The maximum Gasteiger partial charge on any atom is 0.282 e. The average Bonchev–Trinajstić information content (AvgIpc) is 3.64. The molecule has 0 unspecified atom stereocenters. The highest BCUT2D eigenvalue weighted by atomic mass is 19.3. The van der Waals surface area contributed by atoms with Gasteiger partial charge in [0.05, 0.1) is 41.5 Å². The Bertz CT molecular complexity index is 1520. The van der Waals surface area contributed by atoms with E-state index in [1.807, 2.05) is 0 Å². The van der Waals surface area contributed by atoms with Crippen LogP contribution in [0.1, 0.15) is 65.3 Å². The molecule has 0 spiro atoms. The van der Waals surface area contributed by atoms with Gasteiger partial charge in [-0.15, -0.1) is 0 Å². The van der Waals surface area contributed by atoms with Crippen LogP contribution in [0.4, 0.5) is 8.78 Å². The summed E-state index contributed by atoms with van der Waals surface area (Å²) in [5.74, 6) is -2.17. The van der Waals surface area contributed by atoms with Crippen molar-refractivity contribution in [3.8, 4) is 11.3 Å². The summed E-state index contributed by atoms with van der Waals surface area (Å²) >= 11 is 0. The van der Waals surface area contributed by atoms with Gasteiger partial charge in [-0.25, -0.2) is 18.7 Å². The van der Waals surface area contributed by atoms with Crippen molar-refractivity contribution >= 4 is 23.0 Å².